The number of hydrogen-bond donors (Lipinski definition) is 1. The summed E-state index contributed by atoms with van der Waals surface area (Å²) in [5.41, 5.74) is 0.957. The van der Waals surface area contributed by atoms with Crippen LogP contribution < -0.4 is 10.1 Å². The lowest BCUT2D eigenvalue weighted by Crippen LogP contribution is -2.33. The van der Waals surface area contributed by atoms with Crippen molar-refractivity contribution in [2.75, 3.05) is 0 Å². The minimum absolute atomic E-state index is 0.119. The Kier molecular flexibility index (Phi) is 5.60. The first kappa shape index (κ1) is 16.1. The monoisotopic (exact) mass is 298 g/mol. The molecular weight excluding hydrogens is 276 g/mol. The summed E-state index contributed by atoms with van der Waals surface area (Å²) in [6.45, 7) is 3.93. The predicted octanol–water partition coefficient (Wildman–Crippen LogP) is 3.44. The topological polar surface area (TPSA) is 62.1 Å². The van der Waals surface area contributed by atoms with E-state index >= 15 is 0 Å². The molecule has 1 aromatic carbocycles. The molecule has 22 heavy (non-hydrogen) atoms. The Hall–Kier alpha value is -2.28. The molecule has 0 bridgehead atoms. The van der Waals surface area contributed by atoms with E-state index in [4.69, 9.17) is 4.74 Å². The second kappa shape index (κ2) is 7.65. The van der Waals surface area contributed by atoms with Crippen LogP contribution >= 0.6 is 0 Å². The molecule has 0 heterocycles. The van der Waals surface area contributed by atoms with Crippen molar-refractivity contribution >= 4 is 12.0 Å². The van der Waals surface area contributed by atoms with Gasteiger partial charge < -0.3 is 10.1 Å². The number of amides is 1. The van der Waals surface area contributed by atoms with Crippen molar-refractivity contribution in [3.63, 3.8) is 0 Å². The quantitative estimate of drug-likeness (QED) is 0.669. The summed E-state index contributed by atoms with van der Waals surface area (Å²) in [5, 5.41) is 12.1. The molecule has 4 heteroatoms. The summed E-state index contributed by atoms with van der Waals surface area (Å²) >= 11 is 0. The largest absolute Gasteiger partial charge is 0.491 e. The first-order chi connectivity index (χ1) is 10.6. The maximum absolute atomic E-state index is 12.1. The molecule has 2 rings (SSSR count). The summed E-state index contributed by atoms with van der Waals surface area (Å²) < 4.78 is 5.57. The van der Waals surface area contributed by atoms with E-state index in [2.05, 4.69) is 5.32 Å². The lowest BCUT2D eigenvalue weighted by atomic mass is 10.1. The van der Waals surface area contributed by atoms with Crippen LogP contribution in [0.3, 0.4) is 0 Å². The van der Waals surface area contributed by atoms with E-state index in [0.717, 1.165) is 37.0 Å². The van der Waals surface area contributed by atoms with Crippen molar-refractivity contribution in [1.82, 2.24) is 5.32 Å². The van der Waals surface area contributed by atoms with Crippen LogP contribution in [0.1, 0.15) is 45.1 Å². The smallest absolute Gasteiger partial charge is 0.262 e. The molecule has 0 unspecified atom stereocenters. The Morgan fingerprint density at radius 1 is 1.32 bits per heavy atom. The minimum Gasteiger partial charge on any atom is -0.491 e. The molecule has 116 valence electrons. The molecule has 0 aliphatic heterocycles. The molecule has 0 saturated heterocycles. The van der Waals surface area contributed by atoms with Gasteiger partial charge >= 0.3 is 0 Å². The molecule has 1 fully saturated rings. The number of hydrogen-bond acceptors (Lipinski definition) is 3. The van der Waals surface area contributed by atoms with E-state index in [1.165, 1.54) is 0 Å². The highest BCUT2D eigenvalue weighted by atomic mass is 16.5. The van der Waals surface area contributed by atoms with Gasteiger partial charge in [-0.05, 0) is 50.5 Å². The third kappa shape index (κ3) is 4.63. The van der Waals surface area contributed by atoms with Crippen molar-refractivity contribution in [3.8, 4) is 11.8 Å². The Balaban J connectivity index is 2.04. The zero-order chi connectivity index (χ0) is 15.9. The summed E-state index contributed by atoms with van der Waals surface area (Å²) in [5.74, 6) is 0.498. The van der Waals surface area contributed by atoms with Gasteiger partial charge in [0.25, 0.3) is 5.91 Å². The first-order valence-electron chi connectivity index (χ1n) is 7.78. The highest BCUT2D eigenvalue weighted by Crippen LogP contribution is 2.19. The minimum atomic E-state index is -0.281. The van der Waals surface area contributed by atoms with Crippen LogP contribution in [0.5, 0.6) is 5.75 Å². The van der Waals surface area contributed by atoms with Crippen LogP contribution in [0.25, 0.3) is 6.08 Å². The number of carbonyl (C=O) groups excluding carboxylic acids is 1. The molecule has 1 aromatic rings. The van der Waals surface area contributed by atoms with Crippen molar-refractivity contribution in [2.45, 2.75) is 51.7 Å². The van der Waals surface area contributed by atoms with Gasteiger partial charge in [-0.25, -0.2) is 0 Å². The first-order valence-corrected chi connectivity index (χ1v) is 7.78. The maximum atomic E-state index is 12.1. The van der Waals surface area contributed by atoms with E-state index in [-0.39, 0.29) is 23.6 Å². The van der Waals surface area contributed by atoms with Gasteiger partial charge in [-0.3, -0.25) is 4.79 Å². The number of rotatable bonds is 5. The van der Waals surface area contributed by atoms with Crippen LogP contribution in [0.15, 0.2) is 29.8 Å². The number of ether oxygens (including phenoxy) is 1. The van der Waals surface area contributed by atoms with Crippen molar-refractivity contribution in [2.24, 2.45) is 0 Å². The number of nitrogens with zero attached hydrogens (tertiary/aromatic N) is 1. The molecule has 0 spiro atoms. The van der Waals surface area contributed by atoms with Crippen LogP contribution in [0.4, 0.5) is 0 Å². The standard InChI is InChI=1S/C18H22N2O2/c1-13(2)22-17-9-7-14(8-10-17)11-15(12-19)18(21)20-16-5-3-4-6-16/h7-11,13,16H,3-6H2,1-2H3,(H,20,21)/b15-11+. The fourth-order valence-electron chi connectivity index (χ4n) is 2.56. The Labute approximate surface area is 131 Å². The molecule has 0 atom stereocenters. The average Bonchev–Trinajstić information content (AvgIpc) is 2.98. The van der Waals surface area contributed by atoms with E-state index < -0.39 is 0 Å². The van der Waals surface area contributed by atoms with Gasteiger partial charge in [0.15, 0.2) is 0 Å². The maximum Gasteiger partial charge on any atom is 0.262 e. The normalized spacial score (nSPS) is 15.6. The van der Waals surface area contributed by atoms with Gasteiger partial charge in [0.1, 0.15) is 17.4 Å². The molecule has 0 aromatic heterocycles. The Morgan fingerprint density at radius 2 is 1.95 bits per heavy atom. The number of nitrogens with one attached hydrogen (secondary N) is 1. The second-order valence-electron chi connectivity index (χ2n) is 5.86. The van der Waals surface area contributed by atoms with Crippen LogP contribution in [-0.2, 0) is 4.79 Å². The molecule has 0 radical (unpaired) electrons. The van der Waals surface area contributed by atoms with Gasteiger partial charge in [0.2, 0.25) is 0 Å². The molecule has 1 N–H and O–H groups in total. The number of benzene rings is 1. The Bertz CT molecular complexity index is 576. The molecule has 1 amide bonds. The highest BCUT2D eigenvalue weighted by molar-refractivity contribution is 6.01. The summed E-state index contributed by atoms with van der Waals surface area (Å²) in [6.07, 6.45) is 6.04. The predicted molar refractivity (Wildman–Crippen MR) is 86.2 cm³/mol. The SMILES string of the molecule is CC(C)Oc1ccc(/C=C(\C#N)C(=O)NC2CCCC2)cc1. The zero-order valence-corrected chi connectivity index (χ0v) is 13.1. The molecule has 1 saturated carbocycles. The van der Waals surface area contributed by atoms with Crippen LogP contribution in [-0.4, -0.2) is 18.1 Å². The third-order valence-electron chi connectivity index (χ3n) is 3.62. The number of nitriles is 1. The van der Waals surface area contributed by atoms with Crippen LogP contribution in [0, 0.1) is 11.3 Å². The van der Waals surface area contributed by atoms with E-state index in [9.17, 15) is 10.1 Å². The second-order valence-corrected chi connectivity index (χ2v) is 5.86. The average molecular weight is 298 g/mol. The fraction of sp³-hybridized carbons (Fsp3) is 0.444. The third-order valence-corrected chi connectivity index (χ3v) is 3.62. The molecule has 1 aliphatic rings. The van der Waals surface area contributed by atoms with Gasteiger partial charge in [-0.15, -0.1) is 0 Å². The van der Waals surface area contributed by atoms with E-state index in [0.29, 0.717) is 0 Å². The van der Waals surface area contributed by atoms with Gasteiger partial charge in [-0.1, -0.05) is 25.0 Å². The van der Waals surface area contributed by atoms with Gasteiger partial charge in [0.05, 0.1) is 6.10 Å². The van der Waals surface area contributed by atoms with E-state index in [1.807, 2.05) is 44.2 Å². The highest BCUT2D eigenvalue weighted by Gasteiger charge is 2.19. The van der Waals surface area contributed by atoms with Gasteiger partial charge in [0, 0.05) is 6.04 Å². The molecule has 1 aliphatic carbocycles. The van der Waals surface area contributed by atoms with Crippen molar-refractivity contribution in [1.29, 1.82) is 5.26 Å². The van der Waals surface area contributed by atoms with Gasteiger partial charge in [-0.2, -0.15) is 5.26 Å². The van der Waals surface area contributed by atoms with Crippen molar-refractivity contribution in [3.05, 3.63) is 35.4 Å². The molecule has 4 nitrogen and oxygen atoms in total. The summed E-state index contributed by atoms with van der Waals surface area (Å²) in [7, 11) is 0. The lowest BCUT2D eigenvalue weighted by molar-refractivity contribution is -0.117. The number of carbonyl (C=O) groups is 1. The lowest BCUT2D eigenvalue weighted by Gasteiger charge is -2.11. The molecular formula is C18H22N2O2. The Morgan fingerprint density at radius 3 is 2.50 bits per heavy atom. The summed E-state index contributed by atoms with van der Waals surface area (Å²) in [6, 6.07) is 9.58. The summed E-state index contributed by atoms with van der Waals surface area (Å²) in [4.78, 5) is 12.1. The fourth-order valence-corrected chi connectivity index (χ4v) is 2.56. The zero-order valence-electron chi connectivity index (χ0n) is 13.1. The van der Waals surface area contributed by atoms with Crippen LogP contribution in [0.2, 0.25) is 0 Å². The van der Waals surface area contributed by atoms with Crippen molar-refractivity contribution < 1.29 is 9.53 Å². The van der Waals surface area contributed by atoms with E-state index in [1.54, 1.807) is 6.08 Å².